The van der Waals surface area contributed by atoms with Gasteiger partial charge in [-0.15, -0.1) is 0 Å². The Morgan fingerprint density at radius 3 is 1.83 bits per heavy atom. The molecule has 0 bridgehead atoms. The first-order valence-electron chi connectivity index (χ1n) is 11.3. The van der Waals surface area contributed by atoms with Crippen LogP contribution in [0.15, 0.2) is 125 Å². The molecule has 0 spiro atoms. The molecule has 0 amide bonds. The zero-order chi connectivity index (χ0) is 24.3. The Kier molecular flexibility index (Phi) is 6.25. The summed E-state index contributed by atoms with van der Waals surface area (Å²) in [5, 5.41) is 1.86. The van der Waals surface area contributed by atoms with Crippen molar-refractivity contribution in [3.8, 4) is 17.2 Å². The Balaban J connectivity index is 1.38. The van der Waals surface area contributed by atoms with E-state index >= 15 is 0 Å². The molecule has 0 aromatic heterocycles. The van der Waals surface area contributed by atoms with E-state index in [-0.39, 0.29) is 9.79 Å². The van der Waals surface area contributed by atoms with E-state index in [0.29, 0.717) is 18.1 Å². The Bertz CT molecular complexity index is 1560. The highest BCUT2D eigenvalue weighted by Crippen LogP contribution is 2.35. The average Bonchev–Trinajstić information content (AvgIpc) is 2.89. The maximum Gasteiger partial charge on any atom is 0.206 e. The second-order valence-electron chi connectivity index (χ2n) is 8.27. The van der Waals surface area contributed by atoms with Gasteiger partial charge in [0, 0.05) is 10.8 Å². The van der Waals surface area contributed by atoms with Crippen LogP contribution in [0.2, 0.25) is 0 Å². The van der Waals surface area contributed by atoms with Crippen molar-refractivity contribution in [1.29, 1.82) is 0 Å². The summed E-state index contributed by atoms with van der Waals surface area (Å²) in [4.78, 5) is 0.497. The molecular weight excluding hydrogens is 456 g/mol. The average molecular weight is 481 g/mol. The van der Waals surface area contributed by atoms with Crippen molar-refractivity contribution in [3.63, 3.8) is 0 Å². The summed E-state index contributed by atoms with van der Waals surface area (Å²) in [6, 6.07) is 35.0. The monoisotopic (exact) mass is 480 g/mol. The van der Waals surface area contributed by atoms with Gasteiger partial charge in [0.25, 0.3) is 0 Å². The van der Waals surface area contributed by atoms with Gasteiger partial charge in [0.2, 0.25) is 9.84 Å². The maximum absolute atomic E-state index is 12.9. The molecule has 0 radical (unpaired) electrons. The van der Waals surface area contributed by atoms with Gasteiger partial charge < -0.3 is 9.47 Å². The van der Waals surface area contributed by atoms with Crippen LogP contribution in [-0.2, 0) is 16.4 Å². The summed E-state index contributed by atoms with van der Waals surface area (Å²) in [7, 11) is -3.59. The third-order valence-electron chi connectivity index (χ3n) is 5.77. The van der Waals surface area contributed by atoms with E-state index in [2.05, 4.69) is 0 Å². The summed E-state index contributed by atoms with van der Waals surface area (Å²) in [6.07, 6.45) is 0. The number of hydrogen-bond donors (Lipinski definition) is 0. The third kappa shape index (κ3) is 4.91. The molecule has 5 heteroatoms. The van der Waals surface area contributed by atoms with Crippen LogP contribution < -0.4 is 9.47 Å². The molecular formula is C30H24O4S. The molecule has 0 fully saturated rings. The standard InChI is InChI=1S/C30H24O4S/c1-22-13-17-25(18-14-22)35(31,32)26-19-15-24(16-20-26)34-30-12-6-9-27-28(30)10-5-11-29(27)33-21-23-7-3-2-4-8-23/h2-20H,21H2,1H3. The Hall–Kier alpha value is -4.09. The quantitative estimate of drug-likeness (QED) is 0.244. The van der Waals surface area contributed by atoms with Crippen LogP contribution in [0.25, 0.3) is 10.8 Å². The number of aryl methyl sites for hydroxylation is 1. The highest BCUT2D eigenvalue weighted by atomic mass is 32.2. The van der Waals surface area contributed by atoms with Crippen molar-refractivity contribution in [2.75, 3.05) is 0 Å². The fraction of sp³-hybridized carbons (Fsp3) is 0.0667. The molecule has 0 atom stereocenters. The molecule has 35 heavy (non-hydrogen) atoms. The molecule has 0 saturated heterocycles. The SMILES string of the molecule is Cc1ccc(S(=O)(=O)c2ccc(Oc3cccc4c(OCc5ccccc5)cccc34)cc2)cc1. The molecule has 0 unspecified atom stereocenters. The van der Waals surface area contributed by atoms with E-state index in [1.165, 1.54) is 0 Å². The van der Waals surface area contributed by atoms with Gasteiger partial charge in [0.1, 0.15) is 23.9 Å². The normalized spacial score (nSPS) is 11.3. The van der Waals surface area contributed by atoms with Crippen molar-refractivity contribution in [1.82, 2.24) is 0 Å². The summed E-state index contributed by atoms with van der Waals surface area (Å²) in [5.41, 5.74) is 2.11. The van der Waals surface area contributed by atoms with Crippen molar-refractivity contribution < 1.29 is 17.9 Å². The molecule has 0 saturated carbocycles. The van der Waals surface area contributed by atoms with E-state index in [1.807, 2.05) is 73.7 Å². The molecule has 4 nitrogen and oxygen atoms in total. The molecule has 5 rings (SSSR count). The number of hydrogen-bond acceptors (Lipinski definition) is 4. The van der Waals surface area contributed by atoms with E-state index in [4.69, 9.17) is 9.47 Å². The Morgan fingerprint density at radius 1 is 0.600 bits per heavy atom. The van der Waals surface area contributed by atoms with Gasteiger partial charge in [-0.3, -0.25) is 0 Å². The lowest BCUT2D eigenvalue weighted by Crippen LogP contribution is -2.01. The van der Waals surface area contributed by atoms with Crippen molar-refractivity contribution in [2.24, 2.45) is 0 Å². The van der Waals surface area contributed by atoms with Crippen LogP contribution >= 0.6 is 0 Å². The molecule has 0 aliphatic heterocycles. The van der Waals surface area contributed by atoms with Gasteiger partial charge in [0.05, 0.1) is 9.79 Å². The first kappa shape index (κ1) is 22.7. The van der Waals surface area contributed by atoms with Gasteiger partial charge in [-0.05, 0) is 61.0 Å². The van der Waals surface area contributed by atoms with Gasteiger partial charge in [-0.1, -0.05) is 72.3 Å². The van der Waals surface area contributed by atoms with Crippen molar-refractivity contribution in [3.05, 3.63) is 126 Å². The number of benzene rings is 5. The van der Waals surface area contributed by atoms with Crippen LogP contribution in [0.4, 0.5) is 0 Å². The first-order valence-corrected chi connectivity index (χ1v) is 12.8. The molecule has 5 aromatic rings. The fourth-order valence-corrected chi connectivity index (χ4v) is 5.13. The second-order valence-corrected chi connectivity index (χ2v) is 10.2. The number of ether oxygens (including phenoxy) is 2. The van der Waals surface area contributed by atoms with E-state index in [1.54, 1.807) is 48.5 Å². The van der Waals surface area contributed by atoms with Crippen LogP contribution in [0, 0.1) is 6.92 Å². The minimum Gasteiger partial charge on any atom is -0.488 e. The highest BCUT2D eigenvalue weighted by Gasteiger charge is 2.17. The lowest BCUT2D eigenvalue weighted by molar-refractivity contribution is 0.310. The molecule has 174 valence electrons. The number of fused-ring (bicyclic) bond motifs is 1. The molecule has 0 aliphatic rings. The van der Waals surface area contributed by atoms with Crippen LogP contribution in [0.1, 0.15) is 11.1 Å². The van der Waals surface area contributed by atoms with Crippen molar-refractivity contribution >= 4 is 20.6 Å². The zero-order valence-corrected chi connectivity index (χ0v) is 20.0. The van der Waals surface area contributed by atoms with Crippen LogP contribution in [0.5, 0.6) is 17.2 Å². The van der Waals surface area contributed by atoms with Crippen LogP contribution in [-0.4, -0.2) is 8.42 Å². The summed E-state index contributed by atoms with van der Waals surface area (Å²) >= 11 is 0. The summed E-state index contributed by atoms with van der Waals surface area (Å²) < 4.78 is 38.1. The van der Waals surface area contributed by atoms with E-state index in [9.17, 15) is 8.42 Å². The van der Waals surface area contributed by atoms with E-state index < -0.39 is 9.84 Å². The second kappa shape index (κ2) is 9.65. The molecule has 5 aromatic carbocycles. The third-order valence-corrected chi connectivity index (χ3v) is 7.56. The lowest BCUT2D eigenvalue weighted by atomic mass is 10.1. The minimum absolute atomic E-state index is 0.225. The maximum atomic E-state index is 12.9. The zero-order valence-electron chi connectivity index (χ0n) is 19.2. The van der Waals surface area contributed by atoms with E-state index in [0.717, 1.165) is 27.6 Å². The Labute approximate surface area is 205 Å². The highest BCUT2D eigenvalue weighted by molar-refractivity contribution is 7.91. The van der Waals surface area contributed by atoms with Crippen molar-refractivity contribution in [2.45, 2.75) is 23.3 Å². The Morgan fingerprint density at radius 2 is 1.17 bits per heavy atom. The van der Waals surface area contributed by atoms with Gasteiger partial charge in [-0.2, -0.15) is 0 Å². The minimum atomic E-state index is -3.59. The predicted molar refractivity (Wildman–Crippen MR) is 138 cm³/mol. The molecule has 0 aliphatic carbocycles. The predicted octanol–water partition coefficient (Wildman–Crippen LogP) is 7.35. The number of sulfone groups is 1. The topological polar surface area (TPSA) is 52.6 Å². The van der Waals surface area contributed by atoms with Gasteiger partial charge in [-0.25, -0.2) is 8.42 Å². The summed E-state index contributed by atoms with van der Waals surface area (Å²) in [6.45, 7) is 2.40. The summed E-state index contributed by atoms with van der Waals surface area (Å²) in [5.74, 6) is 1.99. The molecule has 0 N–H and O–H groups in total. The molecule has 0 heterocycles. The number of rotatable bonds is 7. The lowest BCUT2D eigenvalue weighted by Gasteiger charge is -2.13. The van der Waals surface area contributed by atoms with Crippen LogP contribution in [0.3, 0.4) is 0 Å². The smallest absolute Gasteiger partial charge is 0.206 e. The van der Waals surface area contributed by atoms with Gasteiger partial charge >= 0.3 is 0 Å². The van der Waals surface area contributed by atoms with Gasteiger partial charge in [0.15, 0.2) is 0 Å². The first-order chi connectivity index (χ1) is 17.0. The fourth-order valence-electron chi connectivity index (χ4n) is 3.87. The largest absolute Gasteiger partial charge is 0.488 e.